The average Bonchev–Trinajstić information content (AvgIpc) is 3.52. The van der Waals surface area contributed by atoms with E-state index in [4.69, 9.17) is 9.97 Å². The maximum Gasteiger partial charge on any atom is 0.326 e. The van der Waals surface area contributed by atoms with Crippen molar-refractivity contribution in [3.8, 4) is 21.1 Å². The summed E-state index contributed by atoms with van der Waals surface area (Å²) in [4.78, 5) is 24.0. The van der Waals surface area contributed by atoms with Crippen LogP contribution in [0.5, 0.6) is 0 Å². The Morgan fingerprint density at radius 3 is 2.30 bits per heavy atom. The fourth-order valence-corrected chi connectivity index (χ4v) is 5.99. The van der Waals surface area contributed by atoms with Gasteiger partial charge in [-0.1, -0.05) is 24.3 Å². The number of benzene rings is 1. The van der Waals surface area contributed by atoms with Crippen molar-refractivity contribution in [3.63, 3.8) is 0 Å². The molecule has 0 radical (unpaired) electrons. The summed E-state index contributed by atoms with van der Waals surface area (Å²) >= 11 is 3.30. The highest BCUT2D eigenvalue weighted by atomic mass is 32.1. The lowest BCUT2D eigenvalue weighted by Crippen LogP contribution is -2.41. The third-order valence-electron chi connectivity index (χ3n) is 5.92. The highest BCUT2D eigenvalue weighted by Crippen LogP contribution is 2.46. The molecule has 4 heterocycles. The molecule has 0 saturated heterocycles. The zero-order chi connectivity index (χ0) is 20.2. The number of carboxylic acid groups (broad SMARTS) is 1. The summed E-state index contributed by atoms with van der Waals surface area (Å²) in [6.07, 6.45) is 5.00. The van der Waals surface area contributed by atoms with Crippen molar-refractivity contribution >= 4 is 45.4 Å². The molecule has 6 rings (SSSR count). The summed E-state index contributed by atoms with van der Waals surface area (Å²) in [6, 6.07) is 11.6. The largest absolute Gasteiger partial charge is 0.480 e. The Morgan fingerprint density at radius 1 is 1.03 bits per heavy atom. The minimum Gasteiger partial charge on any atom is -0.480 e. The van der Waals surface area contributed by atoms with Crippen LogP contribution in [0.2, 0.25) is 0 Å². The van der Waals surface area contributed by atoms with Gasteiger partial charge in [-0.15, -0.1) is 22.7 Å². The smallest absolute Gasteiger partial charge is 0.326 e. The number of thiophene rings is 2. The number of carboxylic acids is 1. The van der Waals surface area contributed by atoms with Crippen molar-refractivity contribution in [2.24, 2.45) is 5.92 Å². The molecule has 0 spiro atoms. The first-order chi connectivity index (χ1) is 14.7. The van der Waals surface area contributed by atoms with Crippen molar-refractivity contribution < 1.29 is 9.90 Å². The second kappa shape index (κ2) is 6.75. The molecule has 3 aromatic heterocycles. The van der Waals surface area contributed by atoms with Crippen LogP contribution in [-0.4, -0.2) is 27.1 Å². The Labute approximate surface area is 180 Å². The van der Waals surface area contributed by atoms with E-state index in [1.165, 1.54) is 0 Å². The van der Waals surface area contributed by atoms with Gasteiger partial charge in [0, 0.05) is 17.5 Å². The van der Waals surface area contributed by atoms with E-state index in [0.717, 1.165) is 49.8 Å². The first kappa shape index (κ1) is 17.8. The van der Waals surface area contributed by atoms with E-state index in [1.807, 2.05) is 23.6 Å². The Balaban J connectivity index is 1.58. The van der Waals surface area contributed by atoms with Crippen LogP contribution < -0.4 is 5.32 Å². The monoisotopic (exact) mass is 431 g/mol. The van der Waals surface area contributed by atoms with Crippen LogP contribution in [0.3, 0.4) is 0 Å². The van der Waals surface area contributed by atoms with Gasteiger partial charge in [0.05, 0.1) is 20.8 Å². The van der Waals surface area contributed by atoms with Crippen molar-refractivity contribution in [2.45, 2.75) is 18.4 Å². The highest BCUT2D eigenvalue weighted by molar-refractivity contribution is 7.14. The minimum absolute atomic E-state index is 0.0302. The Bertz CT molecular complexity index is 1300. The molecular weight excluding hydrogens is 414 g/mol. The molecule has 1 aromatic carbocycles. The van der Waals surface area contributed by atoms with E-state index in [-0.39, 0.29) is 11.8 Å². The van der Waals surface area contributed by atoms with Crippen LogP contribution in [0, 0.1) is 5.92 Å². The number of aliphatic carboxylic acids is 1. The maximum absolute atomic E-state index is 11.8. The predicted molar refractivity (Wildman–Crippen MR) is 121 cm³/mol. The lowest BCUT2D eigenvalue weighted by atomic mass is 9.79. The highest BCUT2D eigenvalue weighted by Gasteiger charge is 2.41. The first-order valence-electron chi connectivity index (χ1n) is 9.78. The number of nitrogens with one attached hydrogen (secondary N) is 1. The lowest BCUT2D eigenvalue weighted by molar-refractivity contribution is -0.139. The van der Waals surface area contributed by atoms with Crippen molar-refractivity contribution in [3.05, 3.63) is 64.9 Å². The zero-order valence-electron chi connectivity index (χ0n) is 15.8. The second-order valence-electron chi connectivity index (χ2n) is 7.62. The van der Waals surface area contributed by atoms with Crippen LogP contribution in [0.4, 0.5) is 5.69 Å². The van der Waals surface area contributed by atoms with E-state index in [9.17, 15) is 9.90 Å². The molecule has 5 nitrogen and oxygen atoms in total. The summed E-state index contributed by atoms with van der Waals surface area (Å²) < 4.78 is 0. The summed E-state index contributed by atoms with van der Waals surface area (Å²) in [5.41, 5.74) is 5.32. The molecule has 0 bridgehead atoms. The van der Waals surface area contributed by atoms with Crippen molar-refractivity contribution in [1.82, 2.24) is 9.97 Å². The van der Waals surface area contributed by atoms with E-state index in [0.29, 0.717) is 0 Å². The average molecular weight is 432 g/mol. The Morgan fingerprint density at radius 2 is 1.70 bits per heavy atom. The summed E-state index contributed by atoms with van der Waals surface area (Å²) in [5, 5.41) is 17.1. The predicted octanol–water partition coefficient (Wildman–Crippen LogP) is 5.63. The Hall–Kier alpha value is -3.03. The molecule has 2 N–H and O–H groups in total. The topological polar surface area (TPSA) is 75.1 Å². The van der Waals surface area contributed by atoms with E-state index < -0.39 is 12.0 Å². The fourth-order valence-electron chi connectivity index (χ4n) is 4.56. The van der Waals surface area contributed by atoms with Gasteiger partial charge in [0.25, 0.3) is 0 Å². The van der Waals surface area contributed by atoms with Gasteiger partial charge >= 0.3 is 5.97 Å². The number of rotatable bonds is 3. The molecule has 3 unspecified atom stereocenters. The zero-order valence-corrected chi connectivity index (χ0v) is 17.4. The van der Waals surface area contributed by atoms with Crippen molar-refractivity contribution in [1.29, 1.82) is 0 Å². The summed E-state index contributed by atoms with van der Waals surface area (Å²) in [7, 11) is 0. The van der Waals surface area contributed by atoms with E-state index >= 15 is 0 Å². The van der Waals surface area contributed by atoms with Gasteiger partial charge in [-0.2, -0.15) is 0 Å². The quantitative estimate of drug-likeness (QED) is 0.412. The summed E-state index contributed by atoms with van der Waals surface area (Å²) in [6.45, 7) is 0. The number of nitrogens with zero attached hydrogens (tertiary/aromatic N) is 2. The van der Waals surface area contributed by atoms with Gasteiger partial charge in [0.1, 0.15) is 17.4 Å². The number of fused-ring (bicyclic) bond motifs is 4. The molecule has 1 aliphatic carbocycles. The number of carbonyl (C=O) groups is 1. The van der Waals surface area contributed by atoms with Crippen LogP contribution in [0.25, 0.3) is 32.2 Å². The molecule has 30 heavy (non-hydrogen) atoms. The SMILES string of the molecule is O=C(O)C1Nc2cc3nc(-c4cccs4)c(-c4cccs4)nc3cc2C2C=CCC12. The number of anilines is 1. The van der Waals surface area contributed by atoms with Crippen LogP contribution >= 0.6 is 22.7 Å². The van der Waals surface area contributed by atoms with Crippen LogP contribution in [0.1, 0.15) is 17.9 Å². The molecule has 0 fully saturated rings. The van der Waals surface area contributed by atoms with Gasteiger partial charge < -0.3 is 10.4 Å². The third kappa shape index (κ3) is 2.69. The molecule has 0 amide bonds. The molecule has 2 aliphatic rings. The molecule has 0 saturated carbocycles. The lowest BCUT2D eigenvalue weighted by Gasteiger charge is -2.34. The molecule has 3 atom stereocenters. The van der Waals surface area contributed by atoms with E-state index in [2.05, 4.69) is 41.0 Å². The molecule has 1 aliphatic heterocycles. The third-order valence-corrected chi connectivity index (χ3v) is 7.68. The number of aromatic nitrogens is 2. The van der Waals surface area contributed by atoms with Crippen LogP contribution in [0.15, 0.2) is 59.3 Å². The van der Waals surface area contributed by atoms with Crippen LogP contribution in [-0.2, 0) is 4.79 Å². The molecule has 4 aromatic rings. The molecule has 7 heteroatoms. The van der Waals surface area contributed by atoms with Gasteiger partial charge in [-0.3, -0.25) is 0 Å². The van der Waals surface area contributed by atoms with Gasteiger partial charge in [-0.05, 0) is 47.0 Å². The maximum atomic E-state index is 11.8. The Kier molecular flexibility index (Phi) is 4.01. The molecular formula is C23H17N3O2S2. The van der Waals surface area contributed by atoms with Gasteiger partial charge in [0.15, 0.2) is 0 Å². The van der Waals surface area contributed by atoms with Crippen molar-refractivity contribution in [2.75, 3.05) is 5.32 Å². The number of allylic oxidation sites excluding steroid dienone is 2. The van der Waals surface area contributed by atoms with Gasteiger partial charge in [-0.25, -0.2) is 14.8 Å². The normalized spacial score (nSPS) is 21.9. The standard InChI is InChI=1S/C23H17N3O2S2/c27-23(28)20-13-5-1-4-12(13)14-10-16-17(11-15(14)24-20)26-22(19-7-3-9-30-19)21(25-16)18-6-2-8-29-18/h1-4,6-13,20,24H,5H2,(H,27,28). The first-order valence-corrected chi connectivity index (χ1v) is 11.5. The summed E-state index contributed by atoms with van der Waals surface area (Å²) in [5.74, 6) is -0.684. The number of hydrogen-bond acceptors (Lipinski definition) is 6. The fraction of sp³-hybridized carbons (Fsp3) is 0.174. The second-order valence-corrected chi connectivity index (χ2v) is 9.51. The minimum atomic E-state index is -0.808. The molecule has 148 valence electrons. The van der Waals surface area contributed by atoms with E-state index in [1.54, 1.807) is 22.7 Å². The van der Waals surface area contributed by atoms with Gasteiger partial charge in [0.2, 0.25) is 0 Å². The number of hydrogen-bond donors (Lipinski definition) is 2.